The van der Waals surface area contributed by atoms with Crippen molar-refractivity contribution in [1.29, 1.82) is 0 Å². The van der Waals surface area contributed by atoms with Crippen LogP contribution in [0.25, 0.3) is 0 Å². The second-order valence-electron chi connectivity index (χ2n) is 5.44. The second kappa shape index (κ2) is 9.65. The third-order valence-electron chi connectivity index (χ3n) is 3.40. The zero-order chi connectivity index (χ0) is 18.2. The van der Waals surface area contributed by atoms with Gasteiger partial charge in [-0.1, -0.05) is 27.5 Å². The van der Waals surface area contributed by atoms with Crippen LogP contribution in [-0.2, 0) is 4.79 Å². The summed E-state index contributed by atoms with van der Waals surface area (Å²) >= 11 is 9.43. The molecule has 0 aliphatic heterocycles. The van der Waals surface area contributed by atoms with E-state index in [1.807, 2.05) is 36.2 Å². The Morgan fingerprint density at radius 3 is 2.60 bits per heavy atom. The molecule has 0 saturated heterocycles. The molecule has 1 N–H and O–H groups in total. The van der Waals surface area contributed by atoms with Crippen molar-refractivity contribution < 1.29 is 14.3 Å². The highest BCUT2D eigenvalue weighted by atomic mass is 79.9. The quantitative estimate of drug-likeness (QED) is 0.690. The van der Waals surface area contributed by atoms with Gasteiger partial charge in [0.2, 0.25) is 5.91 Å². The fraction of sp³-hybridized carbons (Fsp3) is 0.278. The van der Waals surface area contributed by atoms with Gasteiger partial charge in [-0.2, -0.15) is 0 Å². The first-order chi connectivity index (χ1) is 12.0. The number of amides is 1. The number of carbonyl (C=O) groups excluding carboxylic acids is 1. The molecule has 0 saturated carbocycles. The monoisotopic (exact) mass is 426 g/mol. The maximum absolute atomic E-state index is 12.1. The third kappa shape index (κ3) is 6.57. The van der Waals surface area contributed by atoms with Gasteiger partial charge < -0.3 is 14.8 Å². The van der Waals surface area contributed by atoms with Crippen LogP contribution in [0.3, 0.4) is 0 Å². The number of hydrogen-bond acceptors (Lipinski definition) is 4. The van der Waals surface area contributed by atoms with Gasteiger partial charge in [-0.15, -0.1) is 0 Å². The van der Waals surface area contributed by atoms with Gasteiger partial charge in [0, 0.05) is 16.7 Å². The summed E-state index contributed by atoms with van der Waals surface area (Å²) in [4.78, 5) is 14.0. The highest BCUT2D eigenvalue weighted by Gasteiger charge is 2.09. The summed E-state index contributed by atoms with van der Waals surface area (Å²) in [7, 11) is 3.41. The lowest BCUT2D eigenvalue weighted by Gasteiger charge is -2.17. The number of nitrogens with zero attached hydrogens (tertiary/aromatic N) is 1. The number of nitrogens with one attached hydrogen (secondary N) is 1. The summed E-state index contributed by atoms with van der Waals surface area (Å²) in [6.07, 6.45) is 0. The van der Waals surface area contributed by atoms with Crippen LogP contribution in [0.15, 0.2) is 46.9 Å². The van der Waals surface area contributed by atoms with E-state index in [0.29, 0.717) is 29.6 Å². The molecular formula is C18H20BrClN2O3. The summed E-state index contributed by atoms with van der Waals surface area (Å²) < 4.78 is 11.7. The van der Waals surface area contributed by atoms with E-state index in [2.05, 4.69) is 21.2 Å². The summed E-state index contributed by atoms with van der Waals surface area (Å²) in [6.45, 7) is 1.39. The summed E-state index contributed by atoms with van der Waals surface area (Å²) in [5.41, 5.74) is 0.635. The molecule has 0 aromatic heterocycles. The van der Waals surface area contributed by atoms with Gasteiger partial charge in [-0.05, 0) is 49.5 Å². The molecule has 2 aromatic carbocycles. The number of benzene rings is 2. The first-order valence-corrected chi connectivity index (χ1v) is 8.85. The number of likely N-dealkylation sites (N-methyl/N-ethyl adjacent to an activating group) is 1. The molecule has 0 fully saturated rings. The minimum absolute atomic E-state index is 0.118. The van der Waals surface area contributed by atoms with E-state index < -0.39 is 0 Å². The van der Waals surface area contributed by atoms with E-state index in [9.17, 15) is 4.79 Å². The van der Waals surface area contributed by atoms with Gasteiger partial charge in [-0.3, -0.25) is 9.69 Å². The summed E-state index contributed by atoms with van der Waals surface area (Å²) in [5, 5.41) is 3.27. The van der Waals surface area contributed by atoms with E-state index >= 15 is 0 Å². The van der Waals surface area contributed by atoms with Crippen molar-refractivity contribution in [3.63, 3.8) is 0 Å². The molecule has 134 valence electrons. The van der Waals surface area contributed by atoms with Crippen LogP contribution in [0, 0.1) is 0 Å². The standard InChI is InChI=1S/C18H20BrClN2O3/c1-22(9-10-25-15-6-3-13(19)4-7-15)12-18(23)21-14-5-8-17(24-2)16(20)11-14/h3-8,11H,9-10,12H2,1-2H3,(H,21,23). The van der Waals surface area contributed by atoms with Crippen molar-refractivity contribution in [2.75, 3.05) is 39.2 Å². The molecule has 0 aliphatic carbocycles. The topological polar surface area (TPSA) is 50.8 Å². The molecule has 1 amide bonds. The number of methoxy groups -OCH3 is 1. The Labute approximate surface area is 161 Å². The van der Waals surface area contributed by atoms with Crippen molar-refractivity contribution in [3.05, 3.63) is 52.0 Å². The van der Waals surface area contributed by atoms with Gasteiger partial charge >= 0.3 is 0 Å². The average Bonchev–Trinajstić information content (AvgIpc) is 2.56. The Morgan fingerprint density at radius 2 is 1.96 bits per heavy atom. The smallest absolute Gasteiger partial charge is 0.238 e. The number of carbonyl (C=O) groups is 1. The molecule has 7 heteroatoms. The molecule has 0 spiro atoms. The number of halogens is 2. The Bertz CT molecular complexity index is 710. The Morgan fingerprint density at radius 1 is 1.24 bits per heavy atom. The first-order valence-electron chi connectivity index (χ1n) is 7.68. The molecule has 25 heavy (non-hydrogen) atoms. The van der Waals surface area contributed by atoms with Crippen LogP contribution in [0.4, 0.5) is 5.69 Å². The van der Waals surface area contributed by atoms with Crippen LogP contribution >= 0.6 is 27.5 Å². The molecule has 2 rings (SSSR count). The van der Waals surface area contributed by atoms with Crippen molar-refractivity contribution >= 4 is 39.1 Å². The fourth-order valence-electron chi connectivity index (χ4n) is 2.12. The minimum atomic E-state index is -0.118. The van der Waals surface area contributed by atoms with Crippen LogP contribution in [-0.4, -0.2) is 44.7 Å². The normalized spacial score (nSPS) is 10.6. The SMILES string of the molecule is COc1ccc(NC(=O)CN(C)CCOc2ccc(Br)cc2)cc1Cl. The first kappa shape index (κ1) is 19.6. The van der Waals surface area contributed by atoms with Crippen LogP contribution in [0.1, 0.15) is 0 Å². The number of rotatable bonds is 8. The summed E-state index contributed by atoms with van der Waals surface area (Å²) in [5.74, 6) is 1.25. The second-order valence-corrected chi connectivity index (χ2v) is 6.76. The lowest BCUT2D eigenvalue weighted by molar-refractivity contribution is -0.117. The number of ether oxygens (including phenoxy) is 2. The highest BCUT2D eigenvalue weighted by Crippen LogP contribution is 2.27. The lowest BCUT2D eigenvalue weighted by Crippen LogP contribution is -2.33. The van der Waals surface area contributed by atoms with Crippen LogP contribution in [0.2, 0.25) is 5.02 Å². The maximum Gasteiger partial charge on any atom is 0.238 e. The zero-order valence-corrected chi connectivity index (χ0v) is 16.4. The van der Waals surface area contributed by atoms with Crippen molar-refractivity contribution in [1.82, 2.24) is 4.90 Å². The van der Waals surface area contributed by atoms with Gasteiger partial charge in [-0.25, -0.2) is 0 Å². The number of anilines is 1. The highest BCUT2D eigenvalue weighted by molar-refractivity contribution is 9.10. The zero-order valence-electron chi connectivity index (χ0n) is 14.1. The van der Waals surface area contributed by atoms with E-state index in [0.717, 1.165) is 10.2 Å². The summed E-state index contributed by atoms with van der Waals surface area (Å²) in [6, 6.07) is 12.8. The van der Waals surface area contributed by atoms with Crippen molar-refractivity contribution in [2.45, 2.75) is 0 Å². The third-order valence-corrected chi connectivity index (χ3v) is 4.23. The molecule has 0 radical (unpaired) electrons. The van der Waals surface area contributed by atoms with E-state index in [1.165, 1.54) is 0 Å². The van der Waals surface area contributed by atoms with E-state index in [1.54, 1.807) is 25.3 Å². The number of hydrogen-bond donors (Lipinski definition) is 1. The van der Waals surface area contributed by atoms with Gasteiger partial charge in [0.15, 0.2) is 0 Å². The Balaban J connectivity index is 1.74. The molecular weight excluding hydrogens is 408 g/mol. The van der Waals surface area contributed by atoms with Gasteiger partial charge in [0.1, 0.15) is 18.1 Å². The largest absolute Gasteiger partial charge is 0.495 e. The van der Waals surface area contributed by atoms with Crippen molar-refractivity contribution in [2.24, 2.45) is 0 Å². The molecule has 0 atom stereocenters. The van der Waals surface area contributed by atoms with Crippen LogP contribution < -0.4 is 14.8 Å². The van der Waals surface area contributed by atoms with Crippen LogP contribution in [0.5, 0.6) is 11.5 Å². The molecule has 0 aliphatic rings. The van der Waals surface area contributed by atoms with E-state index in [-0.39, 0.29) is 12.5 Å². The lowest BCUT2D eigenvalue weighted by atomic mass is 10.3. The molecule has 2 aromatic rings. The molecule has 0 unspecified atom stereocenters. The van der Waals surface area contributed by atoms with Gasteiger partial charge in [0.25, 0.3) is 0 Å². The molecule has 0 bridgehead atoms. The average molecular weight is 428 g/mol. The Hall–Kier alpha value is -1.76. The molecule has 0 heterocycles. The van der Waals surface area contributed by atoms with E-state index in [4.69, 9.17) is 21.1 Å². The van der Waals surface area contributed by atoms with Crippen molar-refractivity contribution in [3.8, 4) is 11.5 Å². The fourth-order valence-corrected chi connectivity index (χ4v) is 2.64. The maximum atomic E-state index is 12.1. The molecule has 5 nitrogen and oxygen atoms in total. The predicted molar refractivity (Wildman–Crippen MR) is 104 cm³/mol. The Kier molecular flexibility index (Phi) is 7.55. The van der Waals surface area contributed by atoms with Gasteiger partial charge in [0.05, 0.1) is 18.7 Å². The predicted octanol–water partition coefficient (Wildman–Crippen LogP) is 4.06. The minimum Gasteiger partial charge on any atom is -0.495 e.